The summed E-state index contributed by atoms with van der Waals surface area (Å²) in [5.41, 5.74) is 21.1. The Morgan fingerprint density at radius 1 is 0.403 bits per heavy atom. The lowest BCUT2D eigenvalue weighted by Crippen LogP contribution is -2.46. The van der Waals surface area contributed by atoms with Crippen LogP contribution in [0.25, 0.3) is 0 Å². The van der Waals surface area contributed by atoms with Crippen molar-refractivity contribution in [3.63, 3.8) is 0 Å². The lowest BCUT2D eigenvalue weighted by molar-refractivity contribution is -0.0753. The molecule has 2 unspecified atom stereocenters. The summed E-state index contributed by atoms with van der Waals surface area (Å²) in [4.78, 5) is 25.2. The van der Waals surface area contributed by atoms with E-state index >= 15 is 0 Å². The number of likely N-dealkylation sites (tertiary alicyclic amines) is 1. The van der Waals surface area contributed by atoms with Gasteiger partial charge < -0.3 is 47.0 Å². The summed E-state index contributed by atoms with van der Waals surface area (Å²) in [6, 6.07) is 67.0. The Kier molecular flexibility index (Phi) is 49.7. The Labute approximate surface area is 872 Å². The van der Waals surface area contributed by atoms with Crippen molar-refractivity contribution in [2.75, 3.05) is 176 Å². The van der Waals surface area contributed by atoms with Crippen LogP contribution in [0.15, 0.2) is 187 Å². The molecule has 8 aromatic carbocycles. The molecular formula is C124H188F2N14O3S. The second-order valence-electron chi connectivity index (χ2n) is 44.8. The van der Waals surface area contributed by atoms with Crippen molar-refractivity contribution < 1.29 is 22.0 Å². The Balaban J connectivity index is 0.000000169. The fraction of sp³-hybridized carbons (Fsp3) is 0.597. The van der Waals surface area contributed by atoms with Gasteiger partial charge >= 0.3 is 0 Å². The summed E-state index contributed by atoms with van der Waals surface area (Å²) in [7, 11) is 1.21. The number of ketones is 1. The lowest BCUT2D eigenvalue weighted by atomic mass is 9.81. The number of anilines is 1. The topological polar surface area (TPSA) is 179 Å². The average Bonchev–Trinajstić information content (AvgIpc) is 0.809. The van der Waals surface area contributed by atoms with Gasteiger partial charge in [0.15, 0.2) is 5.78 Å². The molecule has 1 aliphatic carbocycles. The maximum Gasteiger partial charge on any atom is 0.276 e. The summed E-state index contributed by atoms with van der Waals surface area (Å²) in [5, 5.41) is 32.5. The molecule has 17 rings (SSSR count). The van der Waals surface area contributed by atoms with E-state index in [1.165, 1.54) is 152 Å². The van der Waals surface area contributed by atoms with Crippen LogP contribution in [0.2, 0.25) is 0 Å². The summed E-state index contributed by atoms with van der Waals surface area (Å²) in [6.45, 7) is 66.0. The molecule has 9 fully saturated rings. The van der Waals surface area contributed by atoms with Crippen molar-refractivity contribution in [1.82, 2.24) is 61.1 Å². The van der Waals surface area contributed by atoms with Gasteiger partial charge in [-0.1, -0.05) is 275 Å². The average molecular weight is 1990 g/mol. The van der Waals surface area contributed by atoms with Gasteiger partial charge in [-0.25, -0.2) is 17.2 Å². The predicted molar refractivity (Wildman–Crippen MR) is 603 cm³/mol. The van der Waals surface area contributed by atoms with Crippen LogP contribution >= 0.6 is 0 Å². The smallest absolute Gasteiger partial charge is 0.276 e. The Morgan fingerprint density at radius 2 is 0.764 bits per heavy atom. The molecule has 0 bridgehead atoms. The normalized spacial score (nSPS) is 18.6. The number of piperazine rings is 4. The first-order valence-corrected chi connectivity index (χ1v) is 57.2. The number of rotatable bonds is 26. The van der Waals surface area contributed by atoms with Crippen LogP contribution in [0.1, 0.15) is 348 Å². The zero-order chi connectivity index (χ0) is 104. The number of carbonyl (C=O) groups excluding carboxylic acids is 1. The minimum Gasteiger partial charge on any atom is -0.371 e. The van der Waals surface area contributed by atoms with Crippen molar-refractivity contribution in [2.45, 2.75) is 291 Å². The SMILES string of the molecule is CC(C)c1ccc(C(=O)C2CCNCC2)cc1.CC(C)c1ccc(C(C)C2CCNCC2)cc1.CC(C)c1ccc(C(C)N2CCNCC2)cc1.CC(C)c1ccc(C(F)(F)C2CCNCC2)cc1.CC(C)c1ccc(CC2CCN(C)CC2)cc1.CC(C)c1ccc(CN2CCNCC2)c(C#N)c1.CC(C)c1ccc(CN2CCNCC2)c(N(C)C2CCC2)c1.CC(C)c1ccc(S(=O)(=O)N2CCNCC2)cc1. The molecule has 8 aromatic rings. The zero-order valence-electron chi connectivity index (χ0n) is 92.4. The Hall–Kier alpha value is -7.95. The van der Waals surface area contributed by atoms with E-state index in [1.807, 2.05) is 42.5 Å². The van der Waals surface area contributed by atoms with E-state index in [9.17, 15) is 27.3 Å². The summed E-state index contributed by atoms with van der Waals surface area (Å²) >= 11 is 0. The van der Waals surface area contributed by atoms with Gasteiger partial charge in [0.1, 0.15) is 0 Å². The minimum absolute atomic E-state index is 0.166. The fourth-order valence-electron chi connectivity index (χ4n) is 20.6. The van der Waals surface area contributed by atoms with Crippen LogP contribution in [-0.4, -0.2) is 215 Å². The molecule has 0 amide bonds. The number of sulfonamides is 1. The van der Waals surface area contributed by atoms with Crippen molar-refractivity contribution in [2.24, 2.45) is 23.7 Å². The van der Waals surface area contributed by atoms with Gasteiger partial charge in [-0.15, -0.1) is 0 Å². The highest BCUT2D eigenvalue weighted by Crippen LogP contribution is 2.42. The molecule has 7 N–H and O–H groups in total. The molecule has 0 aromatic heterocycles. The third-order valence-electron chi connectivity index (χ3n) is 31.6. The number of Topliss-reactive ketones (excluding diaryl/α,β-unsaturated/α-hetero) is 1. The fourth-order valence-corrected chi connectivity index (χ4v) is 22.0. The number of alkyl halides is 2. The van der Waals surface area contributed by atoms with Crippen LogP contribution < -0.4 is 42.1 Å². The van der Waals surface area contributed by atoms with Gasteiger partial charge in [-0.05, 0) is 305 Å². The maximum atomic E-state index is 14.3. The monoisotopic (exact) mass is 1990 g/mol. The third kappa shape index (κ3) is 37.4. The first kappa shape index (κ1) is 118. The molecule has 17 nitrogen and oxygen atoms in total. The van der Waals surface area contributed by atoms with E-state index < -0.39 is 21.9 Å². The number of benzene rings is 8. The van der Waals surface area contributed by atoms with Crippen LogP contribution in [0.4, 0.5) is 14.5 Å². The van der Waals surface area contributed by atoms with Gasteiger partial charge in [0.05, 0.1) is 16.5 Å². The Morgan fingerprint density at radius 3 is 1.20 bits per heavy atom. The summed E-state index contributed by atoms with van der Waals surface area (Å²) in [5.74, 6) is 4.10. The highest BCUT2D eigenvalue weighted by molar-refractivity contribution is 7.89. The first-order chi connectivity index (χ1) is 69.1. The standard InChI is InChI=1S/C19H31N3.2C16H25N.C15H21F2N.C15H21N3.C15H24N2.C15H21NO.C13H20N2O2S/c1-15(2)16-7-8-17(14-22-11-9-20-10-12-22)19(13-16)21(3)18-5-4-6-18;1-13(2)16-6-4-14(5-7-16)12-15-8-10-17(3)11-9-15;1-12(2)14-4-6-15(7-5-14)13(3)16-8-10-17-11-9-16;1-11(2)12-3-5-13(6-4-12)15(16,17)14-7-9-18-10-8-14;1-12(2)13-3-4-14(15(9-13)10-16)11-18-7-5-17-6-8-18;1-12(2)14-4-6-15(7-5-14)13(3)17-10-8-16-9-11-17;1-11(2)12-3-5-13(6-4-12)15(17)14-7-9-16-10-8-14;1-11(2)12-3-5-13(6-4-12)18(16,17)15-9-7-14-8-10-15/h7-8,13,15,18,20H,4-6,9-12,14H2,1-3H3;4-7,13,15H,8-12H2,1-3H3;4-7,12-13,16-17H,8-11H2,1-3H3;3-6,11,14,18H,7-10H2,1-2H3;3-4,9,12,17H,5-8,11H2,1-2H3;4-7,12-13,16H,8-11H2,1-3H3;3-6,11,14,16H,7-10H2,1-2H3;3-6,11,14H,7-10H2,1-2H3. The van der Waals surface area contributed by atoms with Crippen molar-refractivity contribution in [3.05, 3.63) is 271 Å². The highest BCUT2D eigenvalue weighted by atomic mass is 32.2. The number of halogens is 2. The van der Waals surface area contributed by atoms with E-state index in [0.29, 0.717) is 109 Å². The van der Waals surface area contributed by atoms with E-state index in [0.717, 1.165) is 163 Å². The van der Waals surface area contributed by atoms with Crippen molar-refractivity contribution in [1.29, 1.82) is 5.26 Å². The summed E-state index contributed by atoms with van der Waals surface area (Å²) in [6.07, 6.45) is 13.8. The molecule has 792 valence electrons. The predicted octanol–water partition coefficient (Wildman–Crippen LogP) is 24.0. The van der Waals surface area contributed by atoms with Gasteiger partial charge in [-0.3, -0.25) is 19.5 Å². The number of nitriles is 1. The van der Waals surface area contributed by atoms with Crippen LogP contribution in [0.5, 0.6) is 0 Å². The number of piperidine rings is 4. The van der Waals surface area contributed by atoms with Gasteiger partial charge in [0, 0.05) is 166 Å². The Bertz CT molecular complexity index is 5030. The molecule has 8 heterocycles. The molecule has 2 atom stereocenters. The van der Waals surface area contributed by atoms with Crippen LogP contribution in [0, 0.1) is 35.0 Å². The van der Waals surface area contributed by atoms with Gasteiger partial charge in [0.2, 0.25) is 10.0 Å². The third-order valence-corrected chi connectivity index (χ3v) is 33.5. The molecular weight excluding hydrogens is 1800 g/mol. The number of nitrogens with one attached hydrogen (secondary N) is 7. The number of nitrogens with zero attached hydrogens (tertiary/aromatic N) is 7. The quantitative estimate of drug-likeness (QED) is 0.0254. The van der Waals surface area contributed by atoms with Crippen molar-refractivity contribution >= 4 is 21.5 Å². The molecule has 1 saturated carbocycles. The molecule has 144 heavy (non-hydrogen) atoms. The van der Waals surface area contributed by atoms with E-state index in [2.05, 4.69) is 322 Å². The van der Waals surface area contributed by atoms with E-state index in [1.54, 1.807) is 28.6 Å². The summed E-state index contributed by atoms with van der Waals surface area (Å²) < 4.78 is 55.0. The lowest BCUT2D eigenvalue weighted by Gasteiger charge is -2.38. The number of hydrogen-bond donors (Lipinski definition) is 7. The number of carbonyl (C=O) groups is 1. The van der Waals surface area contributed by atoms with Gasteiger partial charge in [-0.2, -0.15) is 9.57 Å². The first-order valence-electron chi connectivity index (χ1n) is 55.8. The second-order valence-corrected chi connectivity index (χ2v) is 46.7. The molecule has 8 aliphatic heterocycles. The van der Waals surface area contributed by atoms with Crippen LogP contribution in [-0.2, 0) is 35.5 Å². The van der Waals surface area contributed by atoms with E-state index in [-0.39, 0.29) is 11.5 Å². The maximum absolute atomic E-state index is 14.3. The molecule has 20 heteroatoms. The largest absolute Gasteiger partial charge is 0.371 e. The molecule has 0 spiro atoms. The minimum atomic E-state index is -3.31. The second kappa shape index (κ2) is 60.6. The van der Waals surface area contributed by atoms with E-state index in [4.69, 9.17) is 0 Å². The molecule has 0 radical (unpaired) electrons. The van der Waals surface area contributed by atoms with Crippen molar-refractivity contribution in [3.8, 4) is 6.07 Å². The highest BCUT2D eigenvalue weighted by Gasteiger charge is 2.42. The zero-order valence-corrected chi connectivity index (χ0v) is 93.2. The van der Waals surface area contributed by atoms with Crippen LogP contribution in [0.3, 0.4) is 0 Å². The molecule has 8 saturated heterocycles. The number of hydrogen-bond acceptors (Lipinski definition) is 16. The van der Waals surface area contributed by atoms with Gasteiger partial charge in [0.25, 0.3) is 5.92 Å². The molecule has 9 aliphatic rings.